The summed E-state index contributed by atoms with van der Waals surface area (Å²) in [6.07, 6.45) is -7.54. The number of carbonyl (C=O) groups is 1. The summed E-state index contributed by atoms with van der Waals surface area (Å²) in [7, 11) is 1.30. The summed E-state index contributed by atoms with van der Waals surface area (Å²) < 4.78 is 54.1. The van der Waals surface area contributed by atoms with Crippen molar-refractivity contribution in [1.29, 1.82) is 0 Å². The van der Waals surface area contributed by atoms with Crippen molar-refractivity contribution in [3.05, 3.63) is 29.6 Å². The maximum absolute atomic E-state index is 13.4. The summed E-state index contributed by atoms with van der Waals surface area (Å²) in [5.41, 5.74) is -0.435. The highest BCUT2D eigenvalue weighted by molar-refractivity contribution is 5.94. The molecule has 8 heteroatoms. The molecule has 1 atom stereocenters. The van der Waals surface area contributed by atoms with E-state index in [4.69, 9.17) is 9.84 Å². The van der Waals surface area contributed by atoms with Gasteiger partial charge in [-0.2, -0.15) is 13.2 Å². The standard InChI is InChI=1S/C11H11F4NO3/c1-19-6-2-3-7(8(12)4-6)10(18)16-5-9(17)11(13,14)15/h2-4,9,17H,5H2,1H3,(H,16,18). The first-order valence-corrected chi connectivity index (χ1v) is 5.12. The van der Waals surface area contributed by atoms with Gasteiger partial charge in [-0.1, -0.05) is 0 Å². The number of halogens is 4. The Morgan fingerprint density at radius 1 is 1.47 bits per heavy atom. The Balaban J connectivity index is 2.69. The minimum absolute atomic E-state index is 0.171. The van der Waals surface area contributed by atoms with Gasteiger partial charge in [0, 0.05) is 6.07 Å². The summed E-state index contributed by atoms with van der Waals surface area (Å²) in [6.45, 7) is -1.05. The first-order chi connectivity index (χ1) is 8.75. The van der Waals surface area contributed by atoms with Crippen molar-refractivity contribution in [2.45, 2.75) is 12.3 Å². The molecule has 1 rings (SSSR count). The fourth-order valence-electron chi connectivity index (χ4n) is 1.21. The Morgan fingerprint density at radius 3 is 2.58 bits per heavy atom. The molecule has 0 heterocycles. The van der Waals surface area contributed by atoms with Gasteiger partial charge in [0.2, 0.25) is 0 Å². The first-order valence-electron chi connectivity index (χ1n) is 5.12. The largest absolute Gasteiger partial charge is 0.497 e. The van der Waals surface area contributed by atoms with Gasteiger partial charge in [-0.25, -0.2) is 4.39 Å². The van der Waals surface area contributed by atoms with E-state index in [-0.39, 0.29) is 5.75 Å². The van der Waals surface area contributed by atoms with Crippen LogP contribution in [0.5, 0.6) is 5.75 Å². The minimum atomic E-state index is -4.84. The molecule has 2 N–H and O–H groups in total. The van der Waals surface area contributed by atoms with E-state index in [1.54, 1.807) is 5.32 Å². The van der Waals surface area contributed by atoms with Crippen molar-refractivity contribution < 1.29 is 32.2 Å². The summed E-state index contributed by atoms with van der Waals surface area (Å²) in [5.74, 6) is -1.81. The molecule has 0 spiro atoms. The Hall–Kier alpha value is -1.83. The van der Waals surface area contributed by atoms with Crippen LogP contribution >= 0.6 is 0 Å². The molecule has 0 saturated carbocycles. The number of aliphatic hydroxyl groups is 1. The molecule has 0 fully saturated rings. The van der Waals surface area contributed by atoms with Crippen LogP contribution < -0.4 is 10.1 Å². The molecular weight excluding hydrogens is 270 g/mol. The summed E-state index contributed by atoms with van der Waals surface area (Å²) in [4.78, 5) is 11.4. The molecule has 1 aromatic carbocycles. The van der Waals surface area contributed by atoms with Crippen LogP contribution in [-0.2, 0) is 0 Å². The second-order valence-electron chi connectivity index (χ2n) is 3.61. The average Bonchev–Trinajstić information content (AvgIpc) is 2.34. The molecular formula is C11H11F4NO3. The van der Waals surface area contributed by atoms with Crippen molar-refractivity contribution in [2.24, 2.45) is 0 Å². The average molecular weight is 281 g/mol. The van der Waals surface area contributed by atoms with Crippen molar-refractivity contribution in [3.63, 3.8) is 0 Å². The Bertz CT molecular complexity index is 462. The van der Waals surface area contributed by atoms with Crippen molar-refractivity contribution in [3.8, 4) is 5.75 Å². The highest BCUT2D eigenvalue weighted by Gasteiger charge is 2.38. The van der Waals surface area contributed by atoms with Gasteiger partial charge < -0.3 is 15.2 Å². The van der Waals surface area contributed by atoms with Crippen LogP contribution in [0, 0.1) is 5.82 Å². The number of amides is 1. The normalized spacial score (nSPS) is 12.9. The second kappa shape index (κ2) is 5.87. The Labute approximate surface area is 106 Å². The van der Waals surface area contributed by atoms with E-state index >= 15 is 0 Å². The predicted octanol–water partition coefficient (Wildman–Crippen LogP) is 1.49. The highest BCUT2D eigenvalue weighted by Crippen LogP contribution is 2.20. The molecule has 0 aliphatic carbocycles. The van der Waals surface area contributed by atoms with E-state index in [1.165, 1.54) is 13.2 Å². The quantitative estimate of drug-likeness (QED) is 0.822. The van der Waals surface area contributed by atoms with Crippen molar-refractivity contribution in [2.75, 3.05) is 13.7 Å². The lowest BCUT2D eigenvalue weighted by Crippen LogP contribution is -2.40. The maximum Gasteiger partial charge on any atom is 0.416 e. The zero-order valence-corrected chi connectivity index (χ0v) is 9.79. The lowest BCUT2D eigenvalue weighted by Gasteiger charge is -2.15. The number of nitrogens with one attached hydrogen (secondary N) is 1. The van der Waals surface area contributed by atoms with E-state index in [2.05, 4.69) is 0 Å². The number of ether oxygens (including phenoxy) is 1. The Morgan fingerprint density at radius 2 is 2.11 bits per heavy atom. The molecule has 1 amide bonds. The van der Waals surface area contributed by atoms with E-state index in [1.807, 2.05) is 0 Å². The fourth-order valence-corrected chi connectivity index (χ4v) is 1.21. The van der Waals surface area contributed by atoms with Crippen LogP contribution in [0.2, 0.25) is 0 Å². The van der Waals surface area contributed by atoms with Gasteiger partial charge in [-0.05, 0) is 12.1 Å². The van der Waals surface area contributed by atoms with Gasteiger partial charge in [0.15, 0.2) is 6.10 Å². The van der Waals surface area contributed by atoms with Gasteiger partial charge in [0.1, 0.15) is 11.6 Å². The topological polar surface area (TPSA) is 58.6 Å². The molecule has 4 nitrogen and oxygen atoms in total. The molecule has 1 aromatic rings. The second-order valence-corrected chi connectivity index (χ2v) is 3.61. The van der Waals surface area contributed by atoms with Crippen molar-refractivity contribution >= 4 is 5.91 Å². The van der Waals surface area contributed by atoms with Crippen LogP contribution in [0.1, 0.15) is 10.4 Å². The maximum atomic E-state index is 13.4. The molecule has 0 radical (unpaired) electrons. The Kier molecular flexibility index (Phi) is 4.71. The monoisotopic (exact) mass is 281 g/mol. The third-order valence-electron chi connectivity index (χ3n) is 2.25. The third-order valence-corrected chi connectivity index (χ3v) is 2.25. The molecule has 0 bridgehead atoms. The molecule has 0 aromatic heterocycles. The third kappa shape index (κ3) is 4.09. The zero-order chi connectivity index (χ0) is 14.6. The predicted molar refractivity (Wildman–Crippen MR) is 57.3 cm³/mol. The van der Waals surface area contributed by atoms with Gasteiger partial charge in [-0.15, -0.1) is 0 Å². The number of benzene rings is 1. The smallest absolute Gasteiger partial charge is 0.416 e. The fraction of sp³-hybridized carbons (Fsp3) is 0.364. The number of aliphatic hydroxyl groups excluding tert-OH is 1. The summed E-state index contributed by atoms with van der Waals surface area (Å²) in [5, 5.41) is 10.5. The number of hydrogen-bond acceptors (Lipinski definition) is 3. The van der Waals surface area contributed by atoms with Crippen LogP contribution in [0.25, 0.3) is 0 Å². The molecule has 106 valence electrons. The van der Waals surface area contributed by atoms with Gasteiger partial charge in [-0.3, -0.25) is 4.79 Å². The SMILES string of the molecule is COc1ccc(C(=O)NCC(O)C(F)(F)F)c(F)c1. The molecule has 1 unspecified atom stereocenters. The lowest BCUT2D eigenvalue weighted by atomic mass is 10.2. The van der Waals surface area contributed by atoms with E-state index in [9.17, 15) is 22.4 Å². The molecule has 19 heavy (non-hydrogen) atoms. The van der Waals surface area contributed by atoms with Crippen LogP contribution in [-0.4, -0.2) is 36.9 Å². The number of carbonyl (C=O) groups excluding carboxylic acids is 1. The van der Waals surface area contributed by atoms with Gasteiger partial charge in [0.25, 0.3) is 5.91 Å². The van der Waals surface area contributed by atoms with E-state index in [0.717, 1.165) is 12.1 Å². The van der Waals surface area contributed by atoms with Crippen LogP contribution in [0.15, 0.2) is 18.2 Å². The van der Waals surface area contributed by atoms with Crippen molar-refractivity contribution in [1.82, 2.24) is 5.32 Å². The van der Waals surface area contributed by atoms with Crippen LogP contribution in [0.3, 0.4) is 0 Å². The summed E-state index contributed by atoms with van der Waals surface area (Å²) in [6, 6.07) is 3.29. The minimum Gasteiger partial charge on any atom is -0.497 e. The molecule has 0 aliphatic heterocycles. The number of methoxy groups -OCH3 is 1. The van der Waals surface area contributed by atoms with E-state index in [0.29, 0.717) is 0 Å². The lowest BCUT2D eigenvalue weighted by molar-refractivity contribution is -0.201. The molecule has 0 aliphatic rings. The number of alkyl halides is 3. The number of rotatable bonds is 4. The van der Waals surface area contributed by atoms with Gasteiger partial charge >= 0.3 is 6.18 Å². The van der Waals surface area contributed by atoms with Gasteiger partial charge in [0.05, 0.1) is 19.2 Å². The highest BCUT2D eigenvalue weighted by atomic mass is 19.4. The zero-order valence-electron chi connectivity index (χ0n) is 9.79. The first kappa shape index (κ1) is 15.2. The molecule has 0 saturated heterocycles. The van der Waals surface area contributed by atoms with Crippen LogP contribution in [0.4, 0.5) is 17.6 Å². The summed E-state index contributed by atoms with van der Waals surface area (Å²) >= 11 is 0. The number of hydrogen-bond donors (Lipinski definition) is 2. The van der Waals surface area contributed by atoms with E-state index < -0.39 is 36.1 Å².